The summed E-state index contributed by atoms with van der Waals surface area (Å²) in [4.78, 5) is 22.6. The molecule has 0 spiro atoms. The van der Waals surface area contributed by atoms with Crippen LogP contribution in [-0.2, 0) is 29.4 Å². The molecule has 0 radical (unpaired) electrons. The largest absolute Gasteiger partial charge is 0.375 e. The molecule has 1 aliphatic heterocycles. The number of carbonyl (C=O) groups excluding carboxylic acids is 1. The van der Waals surface area contributed by atoms with Crippen molar-refractivity contribution in [2.45, 2.75) is 38.7 Å². The smallest absolute Gasteiger partial charge is 0.223 e. The van der Waals surface area contributed by atoms with Crippen molar-refractivity contribution in [3.8, 4) is 0 Å². The Labute approximate surface area is 148 Å². The Kier molecular flexibility index (Phi) is 5.75. The van der Waals surface area contributed by atoms with Crippen molar-refractivity contribution in [1.29, 1.82) is 0 Å². The number of morpholine rings is 1. The normalized spacial score (nSPS) is 17.7. The quantitative estimate of drug-likeness (QED) is 0.791. The molecule has 1 amide bonds. The molecule has 3 heterocycles. The summed E-state index contributed by atoms with van der Waals surface area (Å²) in [6.45, 7) is 3.93. The highest BCUT2D eigenvalue weighted by Gasteiger charge is 2.24. The third-order valence-electron chi connectivity index (χ3n) is 4.58. The fourth-order valence-corrected chi connectivity index (χ4v) is 3.19. The molecule has 0 N–H and O–H groups in total. The molecule has 1 fully saturated rings. The van der Waals surface area contributed by atoms with E-state index in [0.717, 1.165) is 36.2 Å². The fourth-order valence-electron chi connectivity index (χ4n) is 3.19. The van der Waals surface area contributed by atoms with Crippen molar-refractivity contribution in [3.63, 3.8) is 0 Å². The van der Waals surface area contributed by atoms with Gasteiger partial charge in [0.2, 0.25) is 5.91 Å². The summed E-state index contributed by atoms with van der Waals surface area (Å²) < 4.78 is 7.61. The maximum Gasteiger partial charge on any atom is 0.223 e. The lowest BCUT2D eigenvalue weighted by molar-refractivity contribution is -0.138. The molecule has 1 aliphatic rings. The summed E-state index contributed by atoms with van der Waals surface area (Å²) in [7, 11) is 1.91. The molecule has 0 aromatic carbocycles. The van der Waals surface area contributed by atoms with Crippen LogP contribution in [0.2, 0.25) is 0 Å². The minimum absolute atomic E-state index is 0.0767. The molecule has 0 unspecified atom stereocenters. The lowest BCUT2D eigenvalue weighted by Gasteiger charge is -2.33. The van der Waals surface area contributed by atoms with Crippen LogP contribution < -0.4 is 0 Å². The molecule has 3 rings (SSSR count). The van der Waals surface area contributed by atoms with E-state index in [-0.39, 0.29) is 12.0 Å². The monoisotopic (exact) mass is 343 g/mol. The zero-order chi connectivity index (χ0) is 17.6. The van der Waals surface area contributed by atoms with Crippen LogP contribution in [0.25, 0.3) is 0 Å². The summed E-state index contributed by atoms with van der Waals surface area (Å²) in [5, 5.41) is 4.33. The lowest BCUT2D eigenvalue weighted by atomic mass is 10.1. The number of aromatic nitrogens is 4. The maximum atomic E-state index is 12.5. The number of carbonyl (C=O) groups is 1. The van der Waals surface area contributed by atoms with Crippen molar-refractivity contribution in [2.75, 3.05) is 19.7 Å². The van der Waals surface area contributed by atoms with Gasteiger partial charge in [-0.15, -0.1) is 0 Å². The lowest BCUT2D eigenvalue weighted by Crippen LogP contribution is -2.45. The van der Waals surface area contributed by atoms with E-state index < -0.39 is 0 Å². The molecule has 1 saturated heterocycles. The number of amides is 1. The van der Waals surface area contributed by atoms with Gasteiger partial charge < -0.3 is 9.64 Å². The molecule has 0 saturated carbocycles. The Morgan fingerprint density at radius 3 is 3.00 bits per heavy atom. The van der Waals surface area contributed by atoms with Gasteiger partial charge in [0.05, 0.1) is 18.4 Å². The number of aryl methyl sites for hydroxylation is 4. The highest BCUT2D eigenvalue weighted by molar-refractivity contribution is 5.76. The van der Waals surface area contributed by atoms with Crippen LogP contribution in [0.3, 0.4) is 0 Å². The highest BCUT2D eigenvalue weighted by Crippen LogP contribution is 2.14. The van der Waals surface area contributed by atoms with Gasteiger partial charge in [0.25, 0.3) is 0 Å². The zero-order valence-electron chi connectivity index (χ0n) is 14.9. The minimum atomic E-state index is 0.0767. The number of nitrogens with zero attached hydrogens (tertiary/aromatic N) is 5. The van der Waals surface area contributed by atoms with Gasteiger partial charge in [-0.3, -0.25) is 9.48 Å². The van der Waals surface area contributed by atoms with Crippen molar-refractivity contribution >= 4 is 5.91 Å². The van der Waals surface area contributed by atoms with E-state index in [1.807, 2.05) is 31.1 Å². The van der Waals surface area contributed by atoms with Crippen LogP contribution in [0, 0.1) is 6.92 Å². The van der Waals surface area contributed by atoms with Gasteiger partial charge in [0, 0.05) is 44.6 Å². The number of hydrogen-bond acceptors (Lipinski definition) is 5. The molecule has 7 heteroatoms. The second-order valence-corrected chi connectivity index (χ2v) is 6.49. The van der Waals surface area contributed by atoms with Crippen LogP contribution >= 0.6 is 0 Å². The number of rotatable bonds is 6. The molecule has 0 bridgehead atoms. The highest BCUT2D eigenvalue weighted by atomic mass is 16.5. The molecule has 25 heavy (non-hydrogen) atoms. The van der Waals surface area contributed by atoms with E-state index in [4.69, 9.17) is 4.74 Å². The number of hydrogen-bond donors (Lipinski definition) is 0. The fraction of sp³-hybridized carbons (Fsp3) is 0.556. The van der Waals surface area contributed by atoms with Crippen LogP contribution in [0.1, 0.15) is 29.8 Å². The summed E-state index contributed by atoms with van der Waals surface area (Å²) in [6.07, 6.45) is 8.34. The Bertz CT molecular complexity index is 701. The third-order valence-corrected chi connectivity index (χ3v) is 4.58. The molecule has 0 aliphatic carbocycles. The molecule has 2 aromatic heterocycles. The molecule has 1 atom stereocenters. The predicted octanol–water partition coefficient (Wildman–Crippen LogP) is 1.31. The standard InChI is InChI=1S/C18H25N5O2/c1-14-15(11-22(2)21-14)3-6-18(24)23-9-10-25-17(12-23)5-4-16-7-8-19-13-20-16/h7-8,11,13,17H,3-6,9-10,12H2,1-2H3/t17-/m1/s1. The first-order valence-corrected chi connectivity index (χ1v) is 8.75. The Morgan fingerprint density at radius 2 is 2.28 bits per heavy atom. The van der Waals surface area contributed by atoms with E-state index in [2.05, 4.69) is 15.1 Å². The first-order chi connectivity index (χ1) is 12.1. The summed E-state index contributed by atoms with van der Waals surface area (Å²) in [5.74, 6) is 0.193. The van der Waals surface area contributed by atoms with Gasteiger partial charge in [-0.1, -0.05) is 0 Å². The Hall–Kier alpha value is -2.28. The minimum Gasteiger partial charge on any atom is -0.375 e. The topological polar surface area (TPSA) is 73.1 Å². The van der Waals surface area contributed by atoms with Crippen molar-refractivity contribution < 1.29 is 9.53 Å². The van der Waals surface area contributed by atoms with Crippen molar-refractivity contribution in [3.05, 3.63) is 41.7 Å². The van der Waals surface area contributed by atoms with Crippen LogP contribution in [-0.4, -0.2) is 56.4 Å². The van der Waals surface area contributed by atoms with Crippen molar-refractivity contribution in [2.24, 2.45) is 7.05 Å². The van der Waals surface area contributed by atoms with Gasteiger partial charge in [-0.05, 0) is 37.8 Å². The van der Waals surface area contributed by atoms with Crippen LogP contribution in [0.5, 0.6) is 0 Å². The summed E-state index contributed by atoms with van der Waals surface area (Å²) in [5.41, 5.74) is 3.15. The summed E-state index contributed by atoms with van der Waals surface area (Å²) >= 11 is 0. The first kappa shape index (κ1) is 17.5. The molecule has 7 nitrogen and oxygen atoms in total. The van der Waals surface area contributed by atoms with Gasteiger partial charge >= 0.3 is 0 Å². The second kappa shape index (κ2) is 8.20. The molecule has 134 valence electrons. The second-order valence-electron chi connectivity index (χ2n) is 6.49. The molecule has 2 aromatic rings. The first-order valence-electron chi connectivity index (χ1n) is 8.75. The maximum absolute atomic E-state index is 12.5. The summed E-state index contributed by atoms with van der Waals surface area (Å²) in [6, 6.07) is 1.92. The van der Waals surface area contributed by atoms with Crippen LogP contribution in [0.4, 0.5) is 0 Å². The van der Waals surface area contributed by atoms with Gasteiger partial charge in [-0.2, -0.15) is 5.10 Å². The van der Waals surface area contributed by atoms with Gasteiger partial charge in [-0.25, -0.2) is 9.97 Å². The van der Waals surface area contributed by atoms with E-state index in [9.17, 15) is 4.79 Å². The molecular weight excluding hydrogens is 318 g/mol. The number of ether oxygens (including phenoxy) is 1. The zero-order valence-corrected chi connectivity index (χ0v) is 14.9. The van der Waals surface area contributed by atoms with Gasteiger partial charge in [0.1, 0.15) is 6.33 Å². The van der Waals surface area contributed by atoms with E-state index in [1.54, 1.807) is 17.2 Å². The van der Waals surface area contributed by atoms with Crippen LogP contribution in [0.15, 0.2) is 24.8 Å². The predicted molar refractivity (Wildman–Crippen MR) is 92.9 cm³/mol. The van der Waals surface area contributed by atoms with E-state index >= 15 is 0 Å². The van der Waals surface area contributed by atoms with E-state index in [1.165, 1.54) is 0 Å². The average Bonchev–Trinajstić information content (AvgIpc) is 2.96. The Balaban J connectivity index is 1.47. The average molecular weight is 343 g/mol. The third kappa shape index (κ3) is 4.85. The van der Waals surface area contributed by atoms with Gasteiger partial charge in [0.15, 0.2) is 0 Å². The van der Waals surface area contributed by atoms with Crippen molar-refractivity contribution in [1.82, 2.24) is 24.6 Å². The SMILES string of the molecule is Cc1nn(C)cc1CCC(=O)N1CCO[C@H](CCc2ccncn2)C1. The Morgan fingerprint density at radius 1 is 1.40 bits per heavy atom. The van der Waals surface area contributed by atoms with E-state index in [0.29, 0.717) is 26.1 Å². The molecular formula is C18H25N5O2.